The van der Waals surface area contributed by atoms with Crippen molar-refractivity contribution < 1.29 is 9.53 Å². The van der Waals surface area contributed by atoms with E-state index in [1.165, 1.54) is 11.3 Å². The number of hydrogen-bond acceptors (Lipinski definition) is 4. The fourth-order valence-corrected chi connectivity index (χ4v) is 2.97. The summed E-state index contributed by atoms with van der Waals surface area (Å²) in [5.74, 6) is 0.646. The number of thiazole rings is 1. The quantitative estimate of drug-likeness (QED) is 0.762. The van der Waals surface area contributed by atoms with E-state index >= 15 is 0 Å². The van der Waals surface area contributed by atoms with Crippen LogP contribution >= 0.6 is 11.3 Å². The van der Waals surface area contributed by atoms with E-state index in [9.17, 15) is 4.79 Å². The van der Waals surface area contributed by atoms with Crippen molar-refractivity contribution in [3.63, 3.8) is 0 Å². The highest BCUT2D eigenvalue weighted by molar-refractivity contribution is 7.13. The summed E-state index contributed by atoms with van der Waals surface area (Å²) in [5.41, 5.74) is 1.49. The minimum absolute atomic E-state index is 0.142. The molecule has 0 aliphatic rings. The third kappa shape index (κ3) is 3.96. The first-order valence-electron chi connectivity index (χ1n) is 7.23. The molecule has 23 heavy (non-hydrogen) atoms. The second kappa shape index (κ2) is 7.07. The summed E-state index contributed by atoms with van der Waals surface area (Å²) in [6.45, 7) is 2.19. The van der Waals surface area contributed by atoms with Gasteiger partial charge in [-0.3, -0.25) is 4.79 Å². The highest BCUT2D eigenvalue weighted by Gasteiger charge is 2.15. The normalized spacial score (nSPS) is 10.3. The fourth-order valence-electron chi connectivity index (χ4n) is 2.10. The van der Waals surface area contributed by atoms with Gasteiger partial charge in [0.25, 0.3) is 5.91 Å². The van der Waals surface area contributed by atoms with E-state index in [0.717, 1.165) is 22.1 Å². The van der Waals surface area contributed by atoms with Crippen LogP contribution in [0.4, 0.5) is 5.69 Å². The predicted octanol–water partition coefficient (Wildman–Crippen LogP) is 4.28. The highest BCUT2D eigenvalue weighted by Crippen LogP contribution is 2.21. The van der Waals surface area contributed by atoms with Crippen LogP contribution in [-0.4, -0.2) is 10.9 Å². The summed E-state index contributed by atoms with van der Waals surface area (Å²) in [4.78, 5) is 17.4. The molecule has 2 aromatic carbocycles. The van der Waals surface area contributed by atoms with Crippen molar-refractivity contribution in [2.45, 2.75) is 13.5 Å². The van der Waals surface area contributed by atoms with Gasteiger partial charge in [-0.2, -0.15) is 0 Å². The maximum Gasteiger partial charge on any atom is 0.267 e. The predicted molar refractivity (Wildman–Crippen MR) is 92.0 cm³/mol. The minimum Gasteiger partial charge on any atom is -0.486 e. The molecule has 1 heterocycles. The number of anilines is 1. The van der Waals surface area contributed by atoms with Gasteiger partial charge in [0.2, 0.25) is 0 Å². The smallest absolute Gasteiger partial charge is 0.267 e. The summed E-state index contributed by atoms with van der Waals surface area (Å²) in [5, 5.41) is 3.66. The number of rotatable bonds is 5. The van der Waals surface area contributed by atoms with Crippen LogP contribution in [0.2, 0.25) is 0 Å². The van der Waals surface area contributed by atoms with Gasteiger partial charge in [0, 0.05) is 5.69 Å². The zero-order valence-electron chi connectivity index (χ0n) is 12.7. The number of nitrogens with zero attached hydrogens (tertiary/aromatic N) is 1. The molecule has 0 aliphatic heterocycles. The van der Waals surface area contributed by atoms with Gasteiger partial charge in [0.05, 0.1) is 5.69 Å². The van der Waals surface area contributed by atoms with Gasteiger partial charge < -0.3 is 10.1 Å². The van der Waals surface area contributed by atoms with Crippen molar-refractivity contribution in [2.24, 2.45) is 0 Å². The lowest BCUT2D eigenvalue weighted by Crippen LogP contribution is -2.11. The zero-order valence-corrected chi connectivity index (χ0v) is 13.5. The second-order valence-corrected chi connectivity index (χ2v) is 6.03. The number of para-hydroxylation sites is 2. The monoisotopic (exact) mass is 324 g/mol. The molecule has 3 aromatic rings. The molecule has 0 fully saturated rings. The Labute approximate surface area is 138 Å². The first-order chi connectivity index (χ1) is 11.2. The third-order valence-corrected chi connectivity index (χ3v) is 4.31. The van der Waals surface area contributed by atoms with E-state index in [1.54, 1.807) is 0 Å². The molecule has 116 valence electrons. The van der Waals surface area contributed by atoms with Crippen LogP contribution < -0.4 is 10.1 Å². The van der Waals surface area contributed by atoms with Gasteiger partial charge in [-0.15, -0.1) is 11.3 Å². The van der Waals surface area contributed by atoms with Crippen LogP contribution in [-0.2, 0) is 6.61 Å². The SMILES string of the molecule is Cc1nc(COc2ccccc2)sc1C(=O)Nc1ccccc1. The molecule has 4 nitrogen and oxygen atoms in total. The van der Waals surface area contributed by atoms with Crippen LogP contribution in [0.15, 0.2) is 60.7 Å². The van der Waals surface area contributed by atoms with Gasteiger partial charge in [-0.25, -0.2) is 4.98 Å². The lowest BCUT2D eigenvalue weighted by atomic mass is 10.3. The van der Waals surface area contributed by atoms with E-state index < -0.39 is 0 Å². The summed E-state index contributed by atoms with van der Waals surface area (Å²) < 4.78 is 5.67. The molecule has 0 saturated heterocycles. The standard InChI is InChI=1S/C18H16N2O2S/c1-13-17(18(21)20-14-8-4-2-5-9-14)23-16(19-13)12-22-15-10-6-3-7-11-15/h2-11H,12H2,1H3,(H,20,21). The largest absolute Gasteiger partial charge is 0.486 e. The maximum absolute atomic E-state index is 12.3. The van der Waals surface area contributed by atoms with E-state index in [0.29, 0.717) is 11.5 Å². The van der Waals surface area contributed by atoms with Gasteiger partial charge in [-0.05, 0) is 31.2 Å². The lowest BCUT2D eigenvalue weighted by molar-refractivity contribution is 0.103. The highest BCUT2D eigenvalue weighted by atomic mass is 32.1. The Balaban J connectivity index is 1.67. The lowest BCUT2D eigenvalue weighted by Gasteiger charge is -2.03. The van der Waals surface area contributed by atoms with E-state index in [4.69, 9.17) is 4.74 Å². The van der Waals surface area contributed by atoms with Crippen LogP contribution in [0, 0.1) is 6.92 Å². The fraction of sp³-hybridized carbons (Fsp3) is 0.111. The van der Waals surface area contributed by atoms with E-state index in [-0.39, 0.29) is 5.91 Å². The number of ether oxygens (including phenoxy) is 1. The van der Waals surface area contributed by atoms with Gasteiger partial charge in [0.15, 0.2) is 0 Å². The molecule has 5 heteroatoms. The molecular formula is C18H16N2O2S. The van der Waals surface area contributed by atoms with E-state index in [1.807, 2.05) is 67.6 Å². The number of carbonyl (C=O) groups excluding carboxylic acids is 1. The Morgan fingerprint density at radius 2 is 1.74 bits per heavy atom. The zero-order chi connectivity index (χ0) is 16.1. The van der Waals surface area contributed by atoms with Crippen molar-refractivity contribution >= 4 is 22.9 Å². The molecule has 0 unspecified atom stereocenters. The number of amides is 1. The maximum atomic E-state index is 12.3. The summed E-state index contributed by atoms with van der Waals surface area (Å²) in [6.07, 6.45) is 0. The molecule has 0 aliphatic carbocycles. The molecule has 3 rings (SSSR count). The number of benzene rings is 2. The molecule has 0 bridgehead atoms. The second-order valence-electron chi connectivity index (χ2n) is 4.94. The number of hydrogen-bond donors (Lipinski definition) is 1. The molecule has 0 radical (unpaired) electrons. The number of aryl methyl sites for hydroxylation is 1. The Morgan fingerprint density at radius 1 is 1.09 bits per heavy atom. The van der Waals surface area contributed by atoms with Gasteiger partial charge >= 0.3 is 0 Å². The van der Waals surface area contributed by atoms with Crippen molar-refractivity contribution in [3.05, 3.63) is 76.2 Å². The Bertz CT molecular complexity index is 785. The Hall–Kier alpha value is -2.66. The summed E-state index contributed by atoms with van der Waals surface area (Å²) in [7, 11) is 0. The molecule has 1 aromatic heterocycles. The van der Waals surface area contributed by atoms with Gasteiger partial charge in [-0.1, -0.05) is 36.4 Å². The topological polar surface area (TPSA) is 51.2 Å². The first kappa shape index (κ1) is 15.2. The van der Waals surface area contributed by atoms with Crippen LogP contribution in [0.5, 0.6) is 5.75 Å². The number of carbonyl (C=O) groups is 1. The first-order valence-corrected chi connectivity index (χ1v) is 8.04. The van der Waals surface area contributed by atoms with Crippen LogP contribution in [0.1, 0.15) is 20.4 Å². The molecule has 1 N–H and O–H groups in total. The summed E-state index contributed by atoms with van der Waals surface area (Å²) in [6, 6.07) is 18.9. The molecular weight excluding hydrogens is 308 g/mol. The van der Waals surface area contributed by atoms with Crippen LogP contribution in [0.3, 0.4) is 0 Å². The van der Waals surface area contributed by atoms with E-state index in [2.05, 4.69) is 10.3 Å². The van der Waals surface area contributed by atoms with Crippen molar-refractivity contribution in [1.82, 2.24) is 4.98 Å². The van der Waals surface area contributed by atoms with Crippen molar-refractivity contribution in [2.75, 3.05) is 5.32 Å². The van der Waals surface area contributed by atoms with Crippen molar-refractivity contribution in [1.29, 1.82) is 0 Å². The average molecular weight is 324 g/mol. The van der Waals surface area contributed by atoms with Crippen molar-refractivity contribution in [3.8, 4) is 5.75 Å². The third-order valence-electron chi connectivity index (χ3n) is 3.18. The molecule has 0 spiro atoms. The average Bonchev–Trinajstić information content (AvgIpc) is 2.96. The molecule has 0 atom stereocenters. The van der Waals surface area contributed by atoms with Crippen LogP contribution in [0.25, 0.3) is 0 Å². The Morgan fingerprint density at radius 3 is 2.43 bits per heavy atom. The summed E-state index contributed by atoms with van der Waals surface area (Å²) >= 11 is 1.36. The Kier molecular flexibility index (Phi) is 4.68. The molecule has 0 saturated carbocycles. The number of nitrogens with one attached hydrogen (secondary N) is 1. The molecule has 1 amide bonds. The minimum atomic E-state index is -0.142. The van der Waals surface area contributed by atoms with Gasteiger partial charge in [0.1, 0.15) is 22.2 Å². The number of aromatic nitrogens is 1.